The van der Waals surface area contributed by atoms with Crippen LogP contribution in [0, 0.1) is 13.8 Å². The topological polar surface area (TPSA) is 28.2 Å². The van der Waals surface area contributed by atoms with Gasteiger partial charge in [0.15, 0.2) is 0 Å². The molecule has 3 rings (SSSR count). The second-order valence-corrected chi connectivity index (χ2v) is 5.72. The molecule has 2 aliphatic rings. The third-order valence-electron chi connectivity index (χ3n) is 4.42. The molecule has 0 aromatic carbocycles. The number of rotatable bonds is 2. The van der Waals surface area contributed by atoms with Crippen LogP contribution in [0.5, 0.6) is 0 Å². The van der Waals surface area contributed by atoms with E-state index < -0.39 is 0 Å². The van der Waals surface area contributed by atoms with Crippen LogP contribution < -0.4 is 5.32 Å². The predicted octanol–water partition coefficient (Wildman–Crippen LogP) is 2.74. The smallest absolute Gasteiger partial charge is 0.0606 e. The van der Waals surface area contributed by atoms with E-state index in [0.29, 0.717) is 6.04 Å². The molecule has 3 heterocycles. The highest BCUT2D eigenvalue weighted by molar-refractivity contribution is 5.49. The van der Waals surface area contributed by atoms with Crippen LogP contribution >= 0.6 is 0 Å². The Labute approximate surface area is 110 Å². The van der Waals surface area contributed by atoms with Crippen molar-refractivity contribution in [2.75, 3.05) is 18.4 Å². The van der Waals surface area contributed by atoms with Crippen molar-refractivity contribution in [3.8, 4) is 0 Å². The molecule has 0 spiro atoms. The van der Waals surface area contributed by atoms with E-state index in [1.165, 1.54) is 44.5 Å². The van der Waals surface area contributed by atoms with Crippen LogP contribution in [0.1, 0.15) is 37.1 Å². The van der Waals surface area contributed by atoms with Gasteiger partial charge in [0.1, 0.15) is 0 Å². The van der Waals surface area contributed by atoms with Gasteiger partial charge in [-0.2, -0.15) is 0 Å². The van der Waals surface area contributed by atoms with E-state index in [4.69, 9.17) is 0 Å². The lowest BCUT2D eigenvalue weighted by Crippen LogP contribution is -2.41. The lowest BCUT2D eigenvalue weighted by molar-refractivity contribution is 0.192. The molecule has 1 aromatic rings. The summed E-state index contributed by atoms with van der Waals surface area (Å²) in [5.41, 5.74) is 3.45. The molecule has 0 aliphatic carbocycles. The van der Waals surface area contributed by atoms with E-state index in [-0.39, 0.29) is 0 Å². The lowest BCUT2D eigenvalue weighted by atomic mass is 9.99. The van der Waals surface area contributed by atoms with Gasteiger partial charge in [0.05, 0.1) is 11.4 Å². The van der Waals surface area contributed by atoms with Crippen LogP contribution in [0.15, 0.2) is 12.1 Å². The molecule has 98 valence electrons. The van der Waals surface area contributed by atoms with Crippen molar-refractivity contribution in [2.45, 2.75) is 51.6 Å². The largest absolute Gasteiger partial charge is 0.379 e. The van der Waals surface area contributed by atoms with Gasteiger partial charge in [-0.15, -0.1) is 0 Å². The number of nitrogens with one attached hydrogen (secondary N) is 1. The van der Waals surface area contributed by atoms with Crippen LogP contribution in [-0.4, -0.2) is 35.1 Å². The highest BCUT2D eigenvalue weighted by atomic mass is 15.2. The van der Waals surface area contributed by atoms with Crippen LogP contribution in [-0.2, 0) is 0 Å². The zero-order chi connectivity index (χ0) is 12.5. The molecule has 1 N–H and O–H groups in total. The maximum Gasteiger partial charge on any atom is 0.0606 e. The molecule has 3 nitrogen and oxygen atoms in total. The number of aromatic nitrogens is 1. The Kier molecular flexibility index (Phi) is 3.25. The highest BCUT2D eigenvalue weighted by Gasteiger charge is 2.35. The fourth-order valence-corrected chi connectivity index (χ4v) is 3.45. The first-order valence-electron chi connectivity index (χ1n) is 7.19. The molecule has 2 aliphatic heterocycles. The Morgan fingerprint density at radius 3 is 2.89 bits per heavy atom. The van der Waals surface area contributed by atoms with Gasteiger partial charge in [-0.05, 0) is 51.8 Å². The zero-order valence-corrected chi connectivity index (χ0v) is 11.4. The second-order valence-electron chi connectivity index (χ2n) is 5.72. The third-order valence-corrected chi connectivity index (χ3v) is 4.42. The Balaban J connectivity index is 1.72. The summed E-state index contributed by atoms with van der Waals surface area (Å²) in [4.78, 5) is 7.21. The monoisotopic (exact) mass is 245 g/mol. The molecule has 1 aromatic heterocycles. The van der Waals surface area contributed by atoms with E-state index in [2.05, 4.69) is 41.2 Å². The van der Waals surface area contributed by atoms with Crippen molar-refractivity contribution in [3.05, 3.63) is 23.5 Å². The van der Waals surface area contributed by atoms with Crippen molar-refractivity contribution in [3.63, 3.8) is 0 Å². The molecule has 2 atom stereocenters. The number of pyridine rings is 1. The Morgan fingerprint density at radius 1 is 1.17 bits per heavy atom. The van der Waals surface area contributed by atoms with Crippen molar-refractivity contribution in [1.29, 1.82) is 0 Å². The molecule has 2 unspecified atom stereocenters. The van der Waals surface area contributed by atoms with Gasteiger partial charge in [0, 0.05) is 24.3 Å². The van der Waals surface area contributed by atoms with Crippen molar-refractivity contribution >= 4 is 5.69 Å². The lowest BCUT2D eigenvalue weighted by Gasteiger charge is -2.33. The first-order chi connectivity index (χ1) is 8.74. The molecular weight excluding hydrogens is 222 g/mol. The molecular formula is C15H23N3. The fourth-order valence-electron chi connectivity index (χ4n) is 3.45. The maximum atomic E-state index is 4.54. The molecule has 0 saturated carbocycles. The summed E-state index contributed by atoms with van der Waals surface area (Å²) < 4.78 is 0. The number of nitrogens with zero attached hydrogens (tertiary/aromatic N) is 2. The summed E-state index contributed by atoms with van der Waals surface area (Å²) in [6.45, 7) is 6.72. The summed E-state index contributed by atoms with van der Waals surface area (Å²) in [7, 11) is 0. The summed E-state index contributed by atoms with van der Waals surface area (Å²) in [6.07, 6.45) is 5.41. The standard InChI is InChI=1S/C15H23N3/c1-11-6-7-13(12(2)16-11)17-14-8-10-18-9-4-3-5-15(14)18/h6-7,14-15,17H,3-5,8-10H2,1-2H3. The number of piperidine rings is 1. The normalized spacial score (nSPS) is 28.1. The summed E-state index contributed by atoms with van der Waals surface area (Å²) in [6, 6.07) is 5.65. The average Bonchev–Trinajstić information content (AvgIpc) is 2.76. The summed E-state index contributed by atoms with van der Waals surface area (Å²) in [5.74, 6) is 0. The van der Waals surface area contributed by atoms with E-state index in [1.807, 2.05) is 0 Å². The van der Waals surface area contributed by atoms with Crippen molar-refractivity contribution in [1.82, 2.24) is 9.88 Å². The second kappa shape index (κ2) is 4.88. The molecule has 2 fully saturated rings. The molecule has 3 heteroatoms. The fraction of sp³-hybridized carbons (Fsp3) is 0.667. The minimum atomic E-state index is 0.619. The van der Waals surface area contributed by atoms with Crippen LogP contribution in [0.2, 0.25) is 0 Å². The molecule has 18 heavy (non-hydrogen) atoms. The van der Waals surface area contributed by atoms with Gasteiger partial charge in [-0.25, -0.2) is 0 Å². The maximum absolute atomic E-state index is 4.54. The first-order valence-corrected chi connectivity index (χ1v) is 7.19. The third kappa shape index (κ3) is 2.24. The van der Waals surface area contributed by atoms with Gasteiger partial charge in [0.25, 0.3) is 0 Å². The molecule has 0 amide bonds. The van der Waals surface area contributed by atoms with Gasteiger partial charge in [-0.3, -0.25) is 9.88 Å². The van der Waals surface area contributed by atoms with Crippen LogP contribution in [0.25, 0.3) is 0 Å². The van der Waals surface area contributed by atoms with Gasteiger partial charge >= 0.3 is 0 Å². The minimum absolute atomic E-state index is 0.619. The summed E-state index contributed by atoms with van der Waals surface area (Å²) >= 11 is 0. The SMILES string of the molecule is Cc1ccc(NC2CCN3CCCCC23)c(C)n1. The average molecular weight is 245 g/mol. The first kappa shape index (κ1) is 12.0. The Hall–Kier alpha value is -1.09. The van der Waals surface area contributed by atoms with E-state index in [1.54, 1.807) is 0 Å². The Bertz CT molecular complexity index is 430. The van der Waals surface area contributed by atoms with Gasteiger partial charge in [0.2, 0.25) is 0 Å². The van der Waals surface area contributed by atoms with Crippen LogP contribution in [0.3, 0.4) is 0 Å². The number of hydrogen-bond acceptors (Lipinski definition) is 3. The minimum Gasteiger partial charge on any atom is -0.379 e. The molecule has 0 radical (unpaired) electrons. The molecule has 2 saturated heterocycles. The Morgan fingerprint density at radius 2 is 2.06 bits per heavy atom. The van der Waals surface area contributed by atoms with E-state index in [0.717, 1.165) is 17.4 Å². The number of aryl methyl sites for hydroxylation is 2. The predicted molar refractivity (Wildman–Crippen MR) is 75.0 cm³/mol. The van der Waals surface area contributed by atoms with Crippen molar-refractivity contribution < 1.29 is 0 Å². The quantitative estimate of drug-likeness (QED) is 0.868. The van der Waals surface area contributed by atoms with E-state index >= 15 is 0 Å². The summed E-state index contributed by atoms with van der Waals surface area (Å²) in [5, 5.41) is 3.73. The van der Waals surface area contributed by atoms with E-state index in [9.17, 15) is 0 Å². The van der Waals surface area contributed by atoms with Gasteiger partial charge in [-0.1, -0.05) is 6.42 Å². The highest BCUT2D eigenvalue weighted by Crippen LogP contribution is 2.29. The number of hydrogen-bond donors (Lipinski definition) is 1. The zero-order valence-electron chi connectivity index (χ0n) is 11.4. The molecule has 0 bridgehead atoms. The van der Waals surface area contributed by atoms with Crippen LogP contribution in [0.4, 0.5) is 5.69 Å². The number of fused-ring (bicyclic) bond motifs is 1. The van der Waals surface area contributed by atoms with Crippen molar-refractivity contribution in [2.24, 2.45) is 0 Å². The van der Waals surface area contributed by atoms with Gasteiger partial charge < -0.3 is 5.32 Å². The number of anilines is 1.